The Balaban J connectivity index is 1.81. The quantitative estimate of drug-likeness (QED) is 0.518. The van der Waals surface area contributed by atoms with Gasteiger partial charge in [0.25, 0.3) is 11.5 Å². The van der Waals surface area contributed by atoms with Crippen LogP contribution in [0.15, 0.2) is 59.4 Å². The molecule has 1 amide bonds. The Morgan fingerprint density at radius 2 is 1.83 bits per heavy atom. The molecule has 146 valence electrons. The number of thiazole rings is 1. The van der Waals surface area contributed by atoms with Crippen molar-refractivity contribution in [1.82, 2.24) is 14.8 Å². The molecule has 0 N–H and O–H groups in total. The first kappa shape index (κ1) is 19.0. The van der Waals surface area contributed by atoms with Gasteiger partial charge in [-0.2, -0.15) is 5.10 Å². The molecule has 0 aliphatic heterocycles. The summed E-state index contributed by atoms with van der Waals surface area (Å²) >= 11 is 1.48. The van der Waals surface area contributed by atoms with E-state index in [1.54, 1.807) is 4.90 Å². The van der Waals surface area contributed by atoms with E-state index < -0.39 is 0 Å². The molecule has 0 aliphatic carbocycles. The lowest BCUT2D eigenvalue weighted by Crippen LogP contribution is -2.33. The number of amides is 1. The zero-order valence-corrected chi connectivity index (χ0v) is 17.2. The minimum absolute atomic E-state index is 0.204. The van der Waals surface area contributed by atoms with E-state index >= 15 is 0 Å². The minimum Gasteiger partial charge on any atom is -0.278 e. The van der Waals surface area contributed by atoms with Crippen molar-refractivity contribution in [3.63, 3.8) is 0 Å². The Hall–Kier alpha value is -3.32. The molecule has 4 aromatic rings. The number of anilines is 1. The second-order valence-corrected chi connectivity index (χ2v) is 7.92. The minimum atomic E-state index is -0.294. The Kier molecular flexibility index (Phi) is 4.98. The predicted molar refractivity (Wildman–Crippen MR) is 116 cm³/mol. The summed E-state index contributed by atoms with van der Waals surface area (Å²) in [6.45, 7) is 4.45. The molecule has 0 fully saturated rings. The lowest BCUT2D eigenvalue weighted by molar-refractivity contribution is 0.0978. The van der Waals surface area contributed by atoms with Gasteiger partial charge in [0.1, 0.15) is 5.69 Å². The molecule has 0 unspecified atom stereocenters. The molecule has 2 aromatic heterocycles. The summed E-state index contributed by atoms with van der Waals surface area (Å²) in [5.74, 6) is -0.294. The number of hydrogen-bond donors (Lipinski definition) is 0. The van der Waals surface area contributed by atoms with Crippen LogP contribution in [0.1, 0.15) is 27.2 Å². The monoisotopic (exact) mass is 404 g/mol. The van der Waals surface area contributed by atoms with Gasteiger partial charge < -0.3 is 0 Å². The van der Waals surface area contributed by atoms with Gasteiger partial charge in [-0.1, -0.05) is 47.7 Å². The molecule has 2 heterocycles. The molecule has 7 heteroatoms. The maximum Gasteiger partial charge on any atom is 0.280 e. The van der Waals surface area contributed by atoms with Gasteiger partial charge in [0.2, 0.25) is 0 Å². The highest BCUT2D eigenvalue weighted by Gasteiger charge is 2.24. The van der Waals surface area contributed by atoms with Crippen molar-refractivity contribution in [3.8, 4) is 0 Å². The highest BCUT2D eigenvalue weighted by atomic mass is 32.1. The maximum absolute atomic E-state index is 13.4. The molecule has 4 rings (SSSR count). The Labute approximate surface area is 172 Å². The molecule has 0 spiro atoms. The first-order chi connectivity index (χ1) is 13.9. The summed E-state index contributed by atoms with van der Waals surface area (Å²) < 4.78 is 2.20. The third-order valence-electron chi connectivity index (χ3n) is 4.91. The molecule has 0 atom stereocenters. The lowest BCUT2D eigenvalue weighted by Gasteiger charge is -2.19. The lowest BCUT2D eigenvalue weighted by atomic mass is 10.1. The molecule has 29 heavy (non-hydrogen) atoms. The molecule has 0 radical (unpaired) electrons. The van der Waals surface area contributed by atoms with Gasteiger partial charge >= 0.3 is 0 Å². The van der Waals surface area contributed by atoms with Crippen LogP contribution in [0.3, 0.4) is 0 Å². The fourth-order valence-corrected chi connectivity index (χ4v) is 4.10. The van der Waals surface area contributed by atoms with E-state index in [1.165, 1.54) is 35.2 Å². The molecule has 6 nitrogen and oxygen atoms in total. The SMILES string of the molecule is Cc1ccc2sc(N(Cc3ccccc3)C(=O)c3ccc(=O)n(C)n3)nc2c1C. The van der Waals surface area contributed by atoms with Crippen LogP contribution in [0, 0.1) is 13.8 Å². The molecule has 0 bridgehead atoms. The summed E-state index contributed by atoms with van der Waals surface area (Å²) in [6.07, 6.45) is 0. The van der Waals surface area contributed by atoms with Crippen LogP contribution < -0.4 is 10.5 Å². The van der Waals surface area contributed by atoms with E-state index in [0.717, 1.165) is 26.9 Å². The third kappa shape index (κ3) is 3.69. The van der Waals surface area contributed by atoms with Crippen LogP contribution in [0.2, 0.25) is 0 Å². The highest BCUT2D eigenvalue weighted by molar-refractivity contribution is 7.22. The normalized spacial score (nSPS) is 11.0. The second-order valence-electron chi connectivity index (χ2n) is 6.91. The van der Waals surface area contributed by atoms with Gasteiger partial charge in [-0.3, -0.25) is 14.5 Å². The number of aryl methyl sites for hydroxylation is 3. The summed E-state index contributed by atoms with van der Waals surface area (Å²) in [5.41, 5.74) is 4.10. The largest absolute Gasteiger partial charge is 0.280 e. The molecule has 2 aromatic carbocycles. The fourth-order valence-electron chi connectivity index (χ4n) is 3.08. The van der Waals surface area contributed by atoms with Crippen molar-refractivity contribution < 1.29 is 4.79 Å². The number of nitrogens with zero attached hydrogens (tertiary/aromatic N) is 4. The van der Waals surface area contributed by atoms with E-state index in [0.29, 0.717) is 11.7 Å². The zero-order chi connectivity index (χ0) is 20.5. The van der Waals surface area contributed by atoms with Crippen LogP contribution in [-0.2, 0) is 13.6 Å². The first-order valence-corrected chi connectivity index (χ1v) is 10.0. The zero-order valence-electron chi connectivity index (χ0n) is 16.4. The standard InChI is InChI=1S/C22H20N4O2S/c1-14-9-11-18-20(15(14)2)23-22(29-18)26(13-16-7-5-4-6-8-16)21(28)17-10-12-19(27)25(3)24-17/h4-12H,13H2,1-3H3. The summed E-state index contributed by atoms with van der Waals surface area (Å²) in [7, 11) is 1.53. The topological polar surface area (TPSA) is 68.1 Å². The van der Waals surface area contributed by atoms with E-state index in [2.05, 4.69) is 18.1 Å². The number of carbonyl (C=O) groups excluding carboxylic acids is 1. The van der Waals surface area contributed by atoms with Crippen molar-refractivity contribution in [3.05, 3.63) is 87.3 Å². The van der Waals surface area contributed by atoms with Crippen molar-refractivity contribution in [2.24, 2.45) is 7.05 Å². The van der Waals surface area contributed by atoms with E-state index in [1.807, 2.05) is 43.3 Å². The average Bonchev–Trinajstić information content (AvgIpc) is 3.16. The van der Waals surface area contributed by atoms with Crippen molar-refractivity contribution in [2.45, 2.75) is 20.4 Å². The van der Waals surface area contributed by atoms with E-state index in [9.17, 15) is 9.59 Å². The summed E-state index contributed by atoms with van der Waals surface area (Å²) in [6, 6.07) is 16.7. The second kappa shape index (κ2) is 7.60. The number of carbonyl (C=O) groups is 1. The van der Waals surface area contributed by atoms with E-state index in [4.69, 9.17) is 4.98 Å². The van der Waals surface area contributed by atoms with Crippen molar-refractivity contribution >= 4 is 32.6 Å². The molecule has 0 aliphatic rings. The van der Waals surface area contributed by atoms with Crippen LogP contribution in [0.25, 0.3) is 10.2 Å². The van der Waals surface area contributed by atoms with Gasteiger partial charge in [-0.15, -0.1) is 0 Å². The Bertz CT molecular complexity index is 1260. The first-order valence-electron chi connectivity index (χ1n) is 9.21. The average molecular weight is 404 g/mol. The number of benzene rings is 2. The number of rotatable bonds is 4. The number of fused-ring (bicyclic) bond motifs is 1. The predicted octanol–water partition coefficient (Wildman–Crippen LogP) is 3.85. The number of hydrogen-bond acceptors (Lipinski definition) is 5. The highest BCUT2D eigenvalue weighted by Crippen LogP contribution is 2.33. The van der Waals surface area contributed by atoms with E-state index in [-0.39, 0.29) is 17.2 Å². The smallest absolute Gasteiger partial charge is 0.278 e. The molecular weight excluding hydrogens is 384 g/mol. The van der Waals surface area contributed by atoms with Gasteiger partial charge in [-0.25, -0.2) is 9.67 Å². The van der Waals surface area contributed by atoms with Gasteiger partial charge in [0, 0.05) is 13.1 Å². The maximum atomic E-state index is 13.4. The molecule has 0 saturated heterocycles. The van der Waals surface area contributed by atoms with Crippen molar-refractivity contribution in [1.29, 1.82) is 0 Å². The Morgan fingerprint density at radius 3 is 2.55 bits per heavy atom. The fraction of sp³-hybridized carbons (Fsp3) is 0.182. The molecular formula is C22H20N4O2S. The molecule has 0 saturated carbocycles. The van der Waals surface area contributed by atoms with Crippen LogP contribution in [0.5, 0.6) is 0 Å². The van der Waals surface area contributed by atoms with Gasteiger partial charge in [0.15, 0.2) is 5.13 Å². The third-order valence-corrected chi connectivity index (χ3v) is 5.96. The van der Waals surface area contributed by atoms with Crippen molar-refractivity contribution in [2.75, 3.05) is 4.90 Å². The number of aromatic nitrogens is 3. The van der Waals surface area contributed by atoms with Crippen LogP contribution in [0.4, 0.5) is 5.13 Å². The van der Waals surface area contributed by atoms with Gasteiger partial charge in [-0.05, 0) is 42.7 Å². The van der Waals surface area contributed by atoms with Gasteiger partial charge in [0.05, 0.1) is 16.8 Å². The van der Waals surface area contributed by atoms with Crippen LogP contribution >= 0.6 is 11.3 Å². The summed E-state index contributed by atoms with van der Waals surface area (Å²) in [4.78, 5) is 31.4. The summed E-state index contributed by atoms with van der Waals surface area (Å²) in [5, 5.41) is 4.75. The van der Waals surface area contributed by atoms with Crippen LogP contribution in [-0.4, -0.2) is 20.7 Å². The Morgan fingerprint density at radius 1 is 1.07 bits per heavy atom.